The molecule has 0 aromatic heterocycles. The van der Waals surface area contributed by atoms with E-state index in [2.05, 4.69) is 22.8 Å². The second-order valence-corrected chi connectivity index (χ2v) is 6.69. The van der Waals surface area contributed by atoms with Crippen LogP contribution in [0, 0.1) is 11.7 Å². The number of halogens is 1. The van der Waals surface area contributed by atoms with Gasteiger partial charge in [-0.05, 0) is 60.7 Å². The molecule has 4 heteroatoms. The molecule has 0 fully saturated rings. The predicted octanol–water partition coefficient (Wildman–Crippen LogP) is 4.40. The van der Waals surface area contributed by atoms with E-state index in [1.165, 1.54) is 17.7 Å². The van der Waals surface area contributed by atoms with Gasteiger partial charge in [0.2, 0.25) is 0 Å². The first kappa shape index (κ1) is 15.9. The molecule has 1 aliphatic carbocycles. The Balaban J connectivity index is 1.71. The molecular formula is C21H21FN2O. The van der Waals surface area contributed by atoms with E-state index >= 15 is 0 Å². The molecule has 4 rings (SSSR count). The number of carbonyl (C=O) groups is 1. The zero-order valence-corrected chi connectivity index (χ0v) is 14.1. The smallest absolute Gasteiger partial charge is 0.251 e. The number of carbonyl (C=O) groups excluding carboxylic acids is 1. The molecule has 25 heavy (non-hydrogen) atoms. The normalized spacial score (nSPS) is 23.5. The van der Waals surface area contributed by atoms with Gasteiger partial charge in [-0.15, -0.1) is 0 Å². The van der Waals surface area contributed by atoms with Gasteiger partial charge in [0.15, 0.2) is 0 Å². The van der Waals surface area contributed by atoms with Gasteiger partial charge in [-0.2, -0.15) is 0 Å². The molecule has 3 atom stereocenters. The lowest BCUT2D eigenvalue weighted by Crippen LogP contribution is -2.30. The first-order valence-electron chi connectivity index (χ1n) is 8.78. The Kier molecular flexibility index (Phi) is 4.04. The molecule has 3 unspecified atom stereocenters. The van der Waals surface area contributed by atoms with Crippen molar-refractivity contribution in [2.24, 2.45) is 5.92 Å². The van der Waals surface area contributed by atoms with Crippen molar-refractivity contribution in [1.29, 1.82) is 0 Å². The summed E-state index contributed by atoms with van der Waals surface area (Å²) in [6, 6.07) is 12.7. The minimum Gasteiger partial charge on any atom is -0.378 e. The fourth-order valence-electron chi connectivity index (χ4n) is 4.00. The lowest BCUT2D eigenvalue weighted by molar-refractivity contribution is 0.0955. The van der Waals surface area contributed by atoms with Crippen LogP contribution >= 0.6 is 0 Å². The van der Waals surface area contributed by atoms with Crippen LogP contribution in [0.25, 0.3) is 0 Å². The molecule has 1 amide bonds. The number of allylic oxidation sites excluding steroid dienone is 2. The Morgan fingerprint density at radius 3 is 2.80 bits per heavy atom. The van der Waals surface area contributed by atoms with Crippen LogP contribution in [0.2, 0.25) is 0 Å². The maximum absolute atomic E-state index is 13.3. The van der Waals surface area contributed by atoms with Crippen molar-refractivity contribution in [3.63, 3.8) is 0 Å². The van der Waals surface area contributed by atoms with Crippen LogP contribution in [0.1, 0.15) is 46.8 Å². The van der Waals surface area contributed by atoms with Crippen LogP contribution in [0.4, 0.5) is 10.1 Å². The van der Waals surface area contributed by atoms with Gasteiger partial charge in [-0.25, -0.2) is 4.39 Å². The van der Waals surface area contributed by atoms with E-state index in [4.69, 9.17) is 0 Å². The highest BCUT2D eigenvalue weighted by Crippen LogP contribution is 2.49. The molecule has 2 aliphatic rings. The van der Waals surface area contributed by atoms with E-state index in [9.17, 15) is 9.18 Å². The summed E-state index contributed by atoms with van der Waals surface area (Å²) in [6.07, 6.45) is 5.42. The number of rotatable bonds is 3. The minimum atomic E-state index is -0.215. The average molecular weight is 336 g/mol. The summed E-state index contributed by atoms with van der Waals surface area (Å²) in [5.41, 5.74) is 4.01. The van der Waals surface area contributed by atoms with Crippen molar-refractivity contribution in [2.75, 3.05) is 11.9 Å². The van der Waals surface area contributed by atoms with Crippen molar-refractivity contribution < 1.29 is 9.18 Å². The van der Waals surface area contributed by atoms with Crippen molar-refractivity contribution in [1.82, 2.24) is 5.32 Å². The molecule has 2 aromatic carbocycles. The zero-order valence-electron chi connectivity index (χ0n) is 14.1. The first-order valence-corrected chi connectivity index (χ1v) is 8.78. The summed E-state index contributed by atoms with van der Waals surface area (Å²) in [7, 11) is 0. The summed E-state index contributed by atoms with van der Waals surface area (Å²) >= 11 is 0. The van der Waals surface area contributed by atoms with Crippen LogP contribution in [0.15, 0.2) is 54.6 Å². The fourth-order valence-corrected chi connectivity index (χ4v) is 4.00. The molecule has 0 spiro atoms. The lowest BCUT2D eigenvalue weighted by Gasteiger charge is -2.37. The zero-order chi connectivity index (χ0) is 17.4. The van der Waals surface area contributed by atoms with Crippen LogP contribution < -0.4 is 10.6 Å². The molecule has 0 radical (unpaired) electrons. The Bertz CT molecular complexity index is 828. The summed E-state index contributed by atoms with van der Waals surface area (Å²) in [5.74, 6) is 0.403. The lowest BCUT2D eigenvalue weighted by atomic mass is 9.76. The number of fused-ring (bicyclic) bond motifs is 3. The summed E-state index contributed by atoms with van der Waals surface area (Å²) in [5, 5.41) is 6.46. The van der Waals surface area contributed by atoms with Crippen molar-refractivity contribution in [2.45, 2.75) is 25.3 Å². The maximum atomic E-state index is 13.3. The van der Waals surface area contributed by atoms with Crippen molar-refractivity contribution in [3.8, 4) is 0 Å². The Morgan fingerprint density at radius 2 is 2.04 bits per heavy atom. The SMILES string of the molecule is CCNC(=O)c1ccc2c(c1)C1C=CCC1C(c1ccc(F)cc1)N2. The van der Waals surface area contributed by atoms with E-state index in [1.807, 2.05) is 37.3 Å². The van der Waals surface area contributed by atoms with Crippen LogP contribution in [-0.4, -0.2) is 12.5 Å². The quantitative estimate of drug-likeness (QED) is 0.816. The second kappa shape index (κ2) is 6.36. The molecule has 1 aliphatic heterocycles. The minimum absolute atomic E-state index is 0.0375. The maximum Gasteiger partial charge on any atom is 0.251 e. The van der Waals surface area contributed by atoms with Crippen molar-refractivity contribution >= 4 is 11.6 Å². The van der Waals surface area contributed by atoms with Crippen molar-refractivity contribution in [3.05, 3.63) is 77.1 Å². The molecular weight excluding hydrogens is 315 g/mol. The highest BCUT2D eigenvalue weighted by molar-refractivity contribution is 5.95. The highest BCUT2D eigenvalue weighted by Gasteiger charge is 2.38. The molecule has 128 valence electrons. The van der Waals surface area contributed by atoms with Gasteiger partial charge in [0.1, 0.15) is 5.82 Å². The molecule has 3 nitrogen and oxygen atoms in total. The molecule has 1 heterocycles. The van der Waals surface area contributed by atoms with Gasteiger partial charge >= 0.3 is 0 Å². The van der Waals surface area contributed by atoms with E-state index in [0.29, 0.717) is 18.0 Å². The Labute approximate surface area is 146 Å². The highest BCUT2D eigenvalue weighted by atomic mass is 19.1. The van der Waals surface area contributed by atoms with E-state index in [1.54, 1.807) is 0 Å². The largest absolute Gasteiger partial charge is 0.378 e. The second-order valence-electron chi connectivity index (χ2n) is 6.69. The third-order valence-corrected chi connectivity index (χ3v) is 5.19. The fraction of sp³-hybridized carbons (Fsp3) is 0.286. The number of benzene rings is 2. The van der Waals surface area contributed by atoms with Crippen LogP contribution in [0.5, 0.6) is 0 Å². The molecule has 2 N–H and O–H groups in total. The predicted molar refractivity (Wildman–Crippen MR) is 97.2 cm³/mol. The van der Waals surface area contributed by atoms with Gasteiger partial charge in [0, 0.05) is 23.7 Å². The molecule has 0 saturated carbocycles. The standard InChI is InChI=1S/C21H21FN2O/c1-2-23-21(25)14-8-11-19-18(12-14)16-4-3-5-17(16)20(24-19)13-6-9-15(22)10-7-13/h3-4,6-12,16-17,20,24H,2,5H2,1H3,(H,23,25). The van der Waals surface area contributed by atoms with Crippen LogP contribution in [0.3, 0.4) is 0 Å². The number of hydrogen-bond acceptors (Lipinski definition) is 2. The number of nitrogens with one attached hydrogen (secondary N) is 2. The van der Waals surface area contributed by atoms with E-state index < -0.39 is 0 Å². The monoisotopic (exact) mass is 336 g/mol. The number of hydrogen-bond donors (Lipinski definition) is 2. The third kappa shape index (κ3) is 2.82. The molecule has 2 aromatic rings. The summed E-state index contributed by atoms with van der Waals surface area (Å²) in [4.78, 5) is 12.2. The van der Waals surface area contributed by atoms with E-state index in [-0.39, 0.29) is 23.7 Å². The van der Waals surface area contributed by atoms with Gasteiger partial charge in [-0.3, -0.25) is 4.79 Å². The average Bonchev–Trinajstić information content (AvgIpc) is 3.11. The number of amides is 1. The Hall–Kier alpha value is -2.62. The summed E-state index contributed by atoms with van der Waals surface area (Å²) < 4.78 is 13.3. The van der Waals surface area contributed by atoms with Gasteiger partial charge in [-0.1, -0.05) is 24.3 Å². The number of anilines is 1. The van der Waals surface area contributed by atoms with Gasteiger partial charge < -0.3 is 10.6 Å². The first-order chi connectivity index (χ1) is 12.2. The van der Waals surface area contributed by atoms with Gasteiger partial charge in [0.25, 0.3) is 5.91 Å². The van der Waals surface area contributed by atoms with E-state index in [0.717, 1.165) is 17.7 Å². The van der Waals surface area contributed by atoms with Gasteiger partial charge in [0.05, 0.1) is 6.04 Å². The third-order valence-electron chi connectivity index (χ3n) is 5.19. The Morgan fingerprint density at radius 1 is 1.24 bits per heavy atom. The van der Waals surface area contributed by atoms with Crippen LogP contribution in [-0.2, 0) is 0 Å². The molecule has 0 saturated heterocycles. The summed E-state index contributed by atoms with van der Waals surface area (Å²) in [6.45, 7) is 2.54. The molecule has 0 bridgehead atoms. The topological polar surface area (TPSA) is 41.1 Å².